The Morgan fingerprint density at radius 3 is 2.60 bits per heavy atom. The highest BCUT2D eigenvalue weighted by Gasteiger charge is 2.46. The molecule has 2 aromatic carbocycles. The van der Waals surface area contributed by atoms with Gasteiger partial charge < -0.3 is 14.7 Å². The number of aryl methyl sites for hydroxylation is 1. The van der Waals surface area contributed by atoms with Crippen molar-refractivity contribution in [1.82, 2.24) is 9.80 Å². The molecule has 0 saturated carbocycles. The van der Waals surface area contributed by atoms with Gasteiger partial charge in [-0.3, -0.25) is 24.6 Å². The third kappa shape index (κ3) is 5.08. The molecular formula is C25H26FN3O6. The van der Waals surface area contributed by atoms with Crippen LogP contribution < -0.4 is 0 Å². The third-order valence-corrected chi connectivity index (χ3v) is 6.36. The standard InChI is InChI=1S/C25H26FN3O6/c1-16-6-7-18(15-20(16)26)23(30)21-22(17-4-2-5-19(14-17)29(33)34)28(25(32)24(21)31)9-3-8-27-10-12-35-13-11-27/h2,4-7,14-15,22,30H,3,8-13H2,1H3/b23-21+. The summed E-state index contributed by atoms with van der Waals surface area (Å²) >= 11 is 0. The number of likely N-dealkylation sites (tertiary alicyclic amines) is 1. The number of aliphatic hydroxyl groups excluding tert-OH is 1. The molecule has 2 aromatic rings. The largest absolute Gasteiger partial charge is 0.507 e. The molecule has 1 N–H and O–H groups in total. The monoisotopic (exact) mass is 483 g/mol. The number of carbonyl (C=O) groups excluding carboxylic acids is 2. The van der Waals surface area contributed by atoms with Gasteiger partial charge in [0.15, 0.2) is 0 Å². The number of halogens is 1. The van der Waals surface area contributed by atoms with Crippen molar-refractivity contribution in [3.8, 4) is 0 Å². The predicted molar refractivity (Wildman–Crippen MR) is 125 cm³/mol. The number of nitrogens with zero attached hydrogens (tertiary/aromatic N) is 3. The van der Waals surface area contributed by atoms with Crippen molar-refractivity contribution in [2.45, 2.75) is 19.4 Å². The fourth-order valence-corrected chi connectivity index (χ4v) is 4.45. The van der Waals surface area contributed by atoms with Gasteiger partial charge >= 0.3 is 0 Å². The topological polar surface area (TPSA) is 113 Å². The van der Waals surface area contributed by atoms with Gasteiger partial charge in [0.25, 0.3) is 17.4 Å². The Balaban J connectivity index is 1.73. The number of benzene rings is 2. The minimum absolute atomic E-state index is 0.0508. The van der Waals surface area contributed by atoms with E-state index in [4.69, 9.17) is 4.74 Å². The normalized spacial score (nSPS) is 20.4. The van der Waals surface area contributed by atoms with Crippen LogP contribution in [0.1, 0.15) is 29.2 Å². The van der Waals surface area contributed by atoms with Crippen LogP contribution in [0.5, 0.6) is 0 Å². The van der Waals surface area contributed by atoms with E-state index in [1.165, 1.54) is 35.2 Å². The molecule has 2 fully saturated rings. The molecule has 0 bridgehead atoms. The molecule has 4 rings (SSSR count). The van der Waals surface area contributed by atoms with Gasteiger partial charge in [-0.1, -0.05) is 24.3 Å². The second-order valence-corrected chi connectivity index (χ2v) is 8.62. The fraction of sp³-hybridized carbons (Fsp3) is 0.360. The molecule has 9 nitrogen and oxygen atoms in total. The summed E-state index contributed by atoms with van der Waals surface area (Å²) in [6.45, 7) is 5.25. The van der Waals surface area contributed by atoms with E-state index in [1.54, 1.807) is 13.0 Å². The Morgan fingerprint density at radius 2 is 1.91 bits per heavy atom. The van der Waals surface area contributed by atoms with E-state index in [0.29, 0.717) is 37.3 Å². The average molecular weight is 483 g/mol. The number of nitro groups is 1. The summed E-state index contributed by atoms with van der Waals surface area (Å²) in [7, 11) is 0. The average Bonchev–Trinajstić information content (AvgIpc) is 3.11. The number of ether oxygens (including phenoxy) is 1. The summed E-state index contributed by atoms with van der Waals surface area (Å²) in [6.07, 6.45) is 0.553. The van der Waals surface area contributed by atoms with Crippen LogP contribution in [0, 0.1) is 22.9 Å². The number of morpholine rings is 1. The number of amides is 1. The number of hydrogen-bond acceptors (Lipinski definition) is 7. The number of rotatable bonds is 7. The van der Waals surface area contributed by atoms with Crippen LogP contribution in [0.4, 0.5) is 10.1 Å². The Labute approximate surface area is 201 Å². The van der Waals surface area contributed by atoms with Gasteiger partial charge in [0.1, 0.15) is 11.6 Å². The summed E-state index contributed by atoms with van der Waals surface area (Å²) in [5.74, 6) is -2.81. The van der Waals surface area contributed by atoms with Gasteiger partial charge in [0, 0.05) is 43.9 Å². The van der Waals surface area contributed by atoms with Crippen LogP contribution in [0.25, 0.3) is 5.76 Å². The Hall–Kier alpha value is -3.63. The Morgan fingerprint density at radius 1 is 1.17 bits per heavy atom. The SMILES string of the molecule is Cc1ccc(/C(O)=C2\C(=O)C(=O)N(CCCN3CCOCC3)C2c2cccc([N+](=O)[O-])c2)cc1F. The molecule has 2 aliphatic heterocycles. The lowest BCUT2D eigenvalue weighted by atomic mass is 9.94. The first-order valence-corrected chi connectivity index (χ1v) is 11.4. The lowest BCUT2D eigenvalue weighted by Gasteiger charge is -2.29. The van der Waals surface area contributed by atoms with E-state index in [-0.39, 0.29) is 23.4 Å². The first kappa shape index (κ1) is 24.5. The lowest BCUT2D eigenvalue weighted by molar-refractivity contribution is -0.384. The van der Waals surface area contributed by atoms with E-state index < -0.39 is 34.2 Å². The van der Waals surface area contributed by atoms with Crippen molar-refractivity contribution in [3.63, 3.8) is 0 Å². The van der Waals surface area contributed by atoms with E-state index in [9.17, 15) is 29.2 Å². The van der Waals surface area contributed by atoms with Gasteiger partial charge in [-0.15, -0.1) is 0 Å². The van der Waals surface area contributed by atoms with E-state index in [2.05, 4.69) is 4.90 Å². The highest BCUT2D eigenvalue weighted by atomic mass is 19.1. The van der Waals surface area contributed by atoms with Crippen LogP contribution >= 0.6 is 0 Å². The molecule has 184 valence electrons. The second kappa shape index (κ2) is 10.3. The highest BCUT2D eigenvalue weighted by molar-refractivity contribution is 6.46. The van der Waals surface area contributed by atoms with Crippen molar-refractivity contribution >= 4 is 23.1 Å². The van der Waals surface area contributed by atoms with Crippen molar-refractivity contribution in [3.05, 3.63) is 80.7 Å². The van der Waals surface area contributed by atoms with Crippen LogP contribution in [0.2, 0.25) is 0 Å². The third-order valence-electron chi connectivity index (χ3n) is 6.36. The zero-order valence-corrected chi connectivity index (χ0v) is 19.3. The number of non-ortho nitro benzene ring substituents is 1. The van der Waals surface area contributed by atoms with Gasteiger partial charge in [-0.2, -0.15) is 0 Å². The molecule has 10 heteroatoms. The zero-order chi connectivity index (χ0) is 25.1. The van der Waals surface area contributed by atoms with E-state index >= 15 is 0 Å². The van der Waals surface area contributed by atoms with Crippen LogP contribution in [0.15, 0.2) is 48.0 Å². The van der Waals surface area contributed by atoms with Crippen molar-refractivity contribution in [2.75, 3.05) is 39.4 Å². The molecule has 2 heterocycles. The number of Topliss-reactive ketones (excluding diaryl/α,β-unsaturated/α-hetero) is 1. The fourth-order valence-electron chi connectivity index (χ4n) is 4.45. The molecule has 1 amide bonds. The molecule has 0 radical (unpaired) electrons. The molecule has 0 aliphatic carbocycles. The number of hydrogen-bond donors (Lipinski definition) is 1. The molecule has 35 heavy (non-hydrogen) atoms. The summed E-state index contributed by atoms with van der Waals surface area (Å²) in [4.78, 5) is 40.5. The number of nitro benzene ring substituents is 1. The van der Waals surface area contributed by atoms with Crippen molar-refractivity contribution in [1.29, 1.82) is 0 Å². The summed E-state index contributed by atoms with van der Waals surface area (Å²) < 4.78 is 19.5. The van der Waals surface area contributed by atoms with E-state index in [0.717, 1.165) is 19.2 Å². The quantitative estimate of drug-likeness (QED) is 0.212. The van der Waals surface area contributed by atoms with Crippen molar-refractivity contribution < 1.29 is 28.7 Å². The first-order chi connectivity index (χ1) is 16.8. The minimum atomic E-state index is -1.04. The van der Waals surface area contributed by atoms with Gasteiger partial charge in [-0.25, -0.2) is 4.39 Å². The smallest absolute Gasteiger partial charge is 0.295 e. The summed E-state index contributed by atoms with van der Waals surface area (Å²) in [5.41, 5.74) is 0.307. The highest BCUT2D eigenvalue weighted by Crippen LogP contribution is 2.40. The van der Waals surface area contributed by atoms with Crippen LogP contribution in [-0.4, -0.2) is 70.9 Å². The molecular weight excluding hydrogens is 457 g/mol. The summed E-state index contributed by atoms with van der Waals surface area (Å²) in [6, 6.07) is 8.62. The molecule has 2 saturated heterocycles. The van der Waals surface area contributed by atoms with Crippen LogP contribution in [-0.2, 0) is 14.3 Å². The number of aliphatic hydroxyl groups is 1. The Kier molecular flexibility index (Phi) is 7.23. The number of carbonyl (C=O) groups is 2. The van der Waals surface area contributed by atoms with Gasteiger partial charge in [-0.05, 0) is 30.5 Å². The maximum Gasteiger partial charge on any atom is 0.295 e. The van der Waals surface area contributed by atoms with Gasteiger partial charge in [0.2, 0.25) is 0 Å². The van der Waals surface area contributed by atoms with E-state index in [1.807, 2.05) is 0 Å². The van der Waals surface area contributed by atoms with Crippen molar-refractivity contribution in [2.24, 2.45) is 0 Å². The number of ketones is 1. The zero-order valence-electron chi connectivity index (χ0n) is 19.3. The molecule has 1 unspecified atom stereocenters. The predicted octanol–water partition coefficient (Wildman–Crippen LogP) is 3.19. The minimum Gasteiger partial charge on any atom is -0.507 e. The molecule has 0 spiro atoms. The van der Waals surface area contributed by atoms with Crippen LogP contribution in [0.3, 0.4) is 0 Å². The molecule has 1 atom stereocenters. The van der Waals surface area contributed by atoms with Gasteiger partial charge in [0.05, 0.1) is 29.8 Å². The second-order valence-electron chi connectivity index (χ2n) is 8.62. The Bertz CT molecular complexity index is 1190. The first-order valence-electron chi connectivity index (χ1n) is 11.4. The molecule has 0 aromatic heterocycles. The molecule has 2 aliphatic rings. The summed E-state index contributed by atoms with van der Waals surface area (Å²) in [5, 5.41) is 22.4. The maximum absolute atomic E-state index is 14.2. The maximum atomic E-state index is 14.2. The lowest BCUT2D eigenvalue weighted by Crippen LogP contribution is -2.39.